The summed E-state index contributed by atoms with van der Waals surface area (Å²) < 4.78 is 6.50. The quantitative estimate of drug-likeness (QED) is 0.209. The number of ether oxygens (including phenoxy) is 1. The van der Waals surface area contributed by atoms with Crippen LogP contribution in [-0.2, 0) is 0 Å². The molecule has 0 aliphatic carbocycles. The van der Waals surface area contributed by atoms with Gasteiger partial charge in [-0.25, -0.2) is 4.79 Å². The molecule has 0 saturated heterocycles. The van der Waals surface area contributed by atoms with Gasteiger partial charge >= 0.3 is 5.97 Å². The van der Waals surface area contributed by atoms with Crippen molar-refractivity contribution >= 4 is 62.5 Å². The normalized spacial score (nSPS) is 10.9. The van der Waals surface area contributed by atoms with Crippen molar-refractivity contribution in [2.45, 2.75) is 6.92 Å². The molecular weight excluding hydrogens is 402 g/mol. The molecule has 0 unspecified atom stereocenters. The highest BCUT2D eigenvalue weighted by atomic mass is 35.5. The van der Waals surface area contributed by atoms with Crippen LogP contribution in [0.4, 0.5) is 0 Å². The number of hydrogen-bond donors (Lipinski definition) is 2. The van der Waals surface area contributed by atoms with Gasteiger partial charge in [-0.15, -0.1) is 11.3 Å². The molecule has 0 saturated carbocycles. The number of fused-ring (bicyclic) bond motifs is 1. The maximum Gasteiger partial charge on any atom is 0.355 e. The summed E-state index contributed by atoms with van der Waals surface area (Å²) in [6, 6.07) is 14.7. The zero-order valence-corrected chi connectivity index (χ0v) is 16.8. The fraction of sp³-hybridized carbons (Fsp3) is 0.105. The van der Waals surface area contributed by atoms with Gasteiger partial charge in [-0.1, -0.05) is 41.9 Å². The molecule has 1 heterocycles. The minimum atomic E-state index is -0.502. The number of hydrazone groups is 1. The predicted molar refractivity (Wildman–Crippen MR) is 115 cm³/mol. The van der Waals surface area contributed by atoms with Crippen molar-refractivity contribution < 1.29 is 9.53 Å². The highest BCUT2D eigenvalue weighted by Gasteiger charge is 2.19. The average Bonchev–Trinajstić information content (AvgIpc) is 3.00. The zero-order valence-electron chi connectivity index (χ0n) is 14.4. The van der Waals surface area contributed by atoms with Crippen molar-refractivity contribution in [3.05, 3.63) is 64.0 Å². The number of hydrogen-bond acceptors (Lipinski definition) is 5. The van der Waals surface area contributed by atoms with Gasteiger partial charge in [-0.2, -0.15) is 5.10 Å². The number of nitrogens with zero attached hydrogens (tertiary/aromatic N) is 1. The largest absolute Gasteiger partial charge is 0.422 e. The van der Waals surface area contributed by atoms with Gasteiger partial charge in [0.2, 0.25) is 0 Å². The van der Waals surface area contributed by atoms with Gasteiger partial charge in [0.05, 0.1) is 11.2 Å². The predicted octanol–water partition coefficient (Wildman–Crippen LogP) is 4.59. The zero-order chi connectivity index (χ0) is 19.2. The fourth-order valence-corrected chi connectivity index (χ4v) is 3.91. The fourth-order valence-electron chi connectivity index (χ4n) is 2.33. The van der Waals surface area contributed by atoms with Crippen LogP contribution < -0.4 is 15.5 Å². The lowest BCUT2D eigenvalue weighted by molar-refractivity contribution is 0.0740. The molecule has 3 aromatic rings. The van der Waals surface area contributed by atoms with E-state index < -0.39 is 5.97 Å². The van der Waals surface area contributed by atoms with Crippen LogP contribution >= 0.6 is 35.2 Å². The summed E-state index contributed by atoms with van der Waals surface area (Å²) in [6.45, 7) is 2.64. The molecule has 2 N–H and O–H groups in total. The maximum absolute atomic E-state index is 12.6. The van der Waals surface area contributed by atoms with Crippen LogP contribution in [0, 0.1) is 0 Å². The first-order valence-electron chi connectivity index (χ1n) is 8.15. The van der Waals surface area contributed by atoms with E-state index in [4.69, 9.17) is 28.6 Å². The Morgan fingerprint density at radius 3 is 2.78 bits per heavy atom. The summed E-state index contributed by atoms with van der Waals surface area (Å²) in [5, 5.41) is 8.65. The molecule has 0 amide bonds. The second kappa shape index (κ2) is 8.94. The third-order valence-electron chi connectivity index (χ3n) is 3.55. The van der Waals surface area contributed by atoms with Crippen LogP contribution in [0.3, 0.4) is 0 Å². The molecule has 8 heteroatoms. The Labute approximate surface area is 171 Å². The number of thiophene rings is 1. The van der Waals surface area contributed by atoms with Gasteiger partial charge in [0.15, 0.2) is 5.11 Å². The SMILES string of the molecule is CCNC(=S)NN=Cc1ccccc1OC(=O)c1sc2ccccc2c1Cl. The van der Waals surface area contributed by atoms with Crippen molar-refractivity contribution in [1.29, 1.82) is 0 Å². The van der Waals surface area contributed by atoms with E-state index in [2.05, 4.69) is 15.8 Å². The van der Waals surface area contributed by atoms with Gasteiger partial charge in [0.25, 0.3) is 0 Å². The van der Waals surface area contributed by atoms with Crippen LogP contribution in [0.2, 0.25) is 5.02 Å². The molecule has 2 aromatic carbocycles. The van der Waals surface area contributed by atoms with Crippen molar-refractivity contribution in [2.75, 3.05) is 6.54 Å². The lowest BCUT2D eigenvalue weighted by Gasteiger charge is -2.07. The van der Waals surface area contributed by atoms with Gasteiger partial charge in [-0.05, 0) is 37.3 Å². The number of halogens is 1. The molecule has 1 aromatic heterocycles. The van der Waals surface area contributed by atoms with E-state index in [0.717, 1.165) is 10.1 Å². The lowest BCUT2D eigenvalue weighted by atomic mass is 10.2. The molecule has 0 radical (unpaired) electrons. The van der Waals surface area contributed by atoms with Gasteiger partial charge in [-0.3, -0.25) is 5.43 Å². The van der Waals surface area contributed by atoms with E-state index in [1.165, 1.54) is 11.3 Å². The molecule has 27 heavy (non-hydrogen) atoms. The first-order chi connectivity index (χ1) is 13.1. The number of carbonyl (C=O) groups excluding carboxylic acids is 1. The van der Waals surface area contributed by atoms with Crippen molar-refractivity contribution in [2.24, 2.45) is 5.10 Å². The highest BCUT2D eigenvalue weighted by molar-refractivity contribution is 7.80. The van der Waals surface area contributed by atoms with Crippen LogP contribution in [0.1, 0.15) is 22.2 Å². The van der Waals surface area contributed by atoms with E-state index in [-0.39, 0.29) is 0 Å². The third-order valence-corrected chi connectivity index (χ3v) is 5.44. The molecule has 0 fully saturated rings. The Hall–Kier alpha value is -2.48. The van der Waals surface area contributed by atoms with Gasteiger partial charge < -0.3 is 10.1 Å². The van der Waals surface area contributed by atoms with Crippen LogP contribution in [0.15, 0.2) is 53.6 Å². The van der Waals surface area contributed by atoms with Gasteiger partial charge in [0.1, 0.15) is 10.6 Å². The first-order valence-corrected chi connectivity index (χ1v) is 9.75. The van der Waals surface area contributed by atoms with E-state index >= 15 is 0 Å². The number of thiocarbonyl (C=S) groups is 1. The van der Waals surface area contributed by atoms with Crippen molar-refractivity contribution in [3.8, 4) is 5.75 Å². The Morgan fingerprint density at radius 1 is 1.26 bits per heavy atom. The Bertz CT molecular complexity index is 1020. The number of rotatable bonds is 5. The van der Waals surface area contributed by atoms with E-state index in [0.29, 0.717) is 32.9 Å². The topological polar surface area (TPSA) is 62.7 Å². The molecule has 138 valence electrons. The summed E-state index contributed by atoms with van der Waals surface area (Å²) in [5.41, 5.74) is 3.34. The number of nitrogens with one attached hydrogen (secondary N) is 2. The molecule has 0 aliphatic heterocycles. The molecule has 0 spiro atoms. The Balaban J connectivity index is 1.79. The highest BCUT2D eigenvalue weighted by Crippen LogP contribution is 2.35. The molecule has 5 nitrogen and oxygen atoms in total. The third kappa shape index (κ3) is 4.63. The molecule has 3 rings (SSSR count). The van der Waals surface area contributed by atoms with Crippen molar-refractivity contribution in [3.63, 3.8) is 0 Å². The Kier molecular flexibility index (Phi) is 6.39. The number of carbonyl (C=O) groups is 1. The molecular formula is C19H16ClN3O2S2. The monoisotopic (exact) mass is 417 g/mol. The van der Waals surface area contributed by atoms with E-state index in [1.807, 2.05) is 37.3 Å². The summed E-state index contributed by atoms with van der Waals surface area (Å²) in [6.07, 6.45) is 1.54. The van der Waals surface area contributed by atoms with Crippen molar-refractivity contribution in [1.82, 2.24) is 10.7 Å². The average molecular weight is 418 g/mol. The number of para-hydroxylation sites is 1. The van der Waals surface area contributed by atoms with Crippen LogP contribution in [0.5, 0.6) is 5.75 Å². The smallest absolute Gasteiger partial charge is 0.355 e. The second-order valence-electron chi connectivity index (χ2n) is 5.40. The van der Waals surface area contributed by atoms with Crippen LogP contribution in [-0.4, -0.2) is 23.8 Å². The Morgan fingerprint density at radius 2 is 2.00 bits per heavy atom. The molecule has 0 aliphatic rings. The summed E-state index contributed by atoms with van der Waals surface area (Å²) in [7, 11) is 0. The van der Waals surface area contributed by atoms with Gasteiger partial charge in [0, 0.05) is 22.2 Å². The lowest BCUT2D eigenvalue weighted by Crippen LogP contribution is -2.31. The summed E-state index contributed by atoms with van der Waals surface area (Å²) in [5.74, 6) is -0.117. The van der Waals surface area contributed by atoms with E-state index in [9.17, 15) is 4.79 Å². The van der Waals surface area contributed by atoms with E-state index in [1.54, 1.807) is 24.4 Å². The maximum atomic E-state index is 12.6. The minimum Gasteiger partial charge on any atom is -0.422 e. The number of benzene rings is 2. The second-order valence-corrected chi connectivity index (χ2v) is 7.24. The standard InChI is InChI=1S/C19H16ClN3O2S2/c1-2-21-19(26)23-22-11-12-7-3-5-9-14(12)25-18(24)17-16(20)13-8-4-6-10-15(13)27-17/h3-11H,2H2,1H3,(H2,21,23,26). The number of esters is 1. The summed E-state index contributed by atoms with van der Waals surface area (Å²) >= 11 is 12.7. The van der Waals surface area contributed by atoms with Crippen LogP contribution in [0.25, 0.3) is 10.1 Å². The summed E-state index contributed by atoms with van der Waals surface area (Å²) in [4.78, 5) is 13.0. The minimum absolute atomic E-state index is 0.371. The first kappa shape index (κ1) is 19.3. The molecule has 0 bridgehead atoms. The molecule has 0 atom stereocenters.